The fourth-order valence-electron chi connectivity index (χ4n) is 1.76. The highest BCUT2D eigenvalue weighted by molar-refractivity contribution is 7.89. The Morgan fingerprint density at radius 1 is 1.28 bits per heavy atom. The molecule has 1 rings (SSSR count). The van der Waals surface area contributed by atoms with Crippen molar-refractivity contribution in [3.63, 3.8) is 0 Å². The third-order valence-electron chi connectivity index (χ3n) is 2.81. The lowest BCUT2D eigenvalue weighted by Crippen LogP contribution is -2.30. The first-order valence-electron chi connectivity index (χ1n) is 6.28. The van der Waals surface area contributed by atoms with Gasteiger partial charge in [0.05, 0.1) is 11.8 Å². The minimum absolute atomic E-state index is 0.127. The van der Waals surface area contributed by atoms with E-state index in [4.69, 9.17) is 0 Å². The Morgan fingerprint density at radius 2 is 1.94 bits per heavy atom. The molecule has 5 heteroatoms. The van der Waals surface area contributed by atoms with Crippen LogP contribution in [0.3, 0.4) is 0 Å². The van der Waals surface area contributed by atoms with Crippen LogP contribution < -0.4 is 4.72 Å². The van der Waals surface area contributed by atoms with Crippen LogP contribution in [0.2, 0.25) is 0 Å². The van der Waals surface area contributed by atoms with Gasteiger partial charge in [0.1, 0.15) is 5.75 Å². The fraction of sp³-hybridized carbons (Fsp3) is 0.538. The van der Waals surface area contributed by atoms with Gasteiger partial charge < -0.3 is 5.11 Å². The Morgan fingerprint density at radius 3 is 2.50 bits per heavy atom. The third kappa shape index (κ3) is 4.31. The van der Waals surface area contributed by atoms with Crippen molar-refractivity contribution in [2.24, 2.45) is 0 Å². The number of aromatic hydroxyl groups is 1. The summed E-state index contributed by atoms with van der Waals surface area (Å²) in [4.78, 5) is 0. The summed E-state index contributed by atoms with van der Waals surface area (Å²) in [6.45, 7) is 3.84. The van der Waals surface area contributed by atoms with Crippen molar-refractivity contribution in [2.75, 3.05) is 5.75 Å². The number of rotatable bonds is 7. The summed E-state index contributed by atoms with van der Waals surface area (Å²) in [6.07, 6.45) is 2.09. The maximum absolute atomic E-state index is 11.9. The van der Waals surface area contributed by atoms with E-state index in [2.05, 4.69) is 4.72 Å². The number of para-hydroxylation sites is 1. The van der Waals surface area contributed by atoms with Gasteiger partial charge in [-0.2, -0.15) is 0 Å². The first-order valence-corrected chi connectivity index (χ1v) is 7.93. The molecule has 102 valence electrons. The second kappa shape index (κ2) is 6.75. The molecule has 2 N–H and O–H groups in total. The number of benzene rings is 1. The molecular weight excluding hydrogens is 250 g/mol. The number of unbranched alkanes of at least 4 members (excludes halogenated alkanes) is 1. The maximum Gasteiger partial charge on any atom is 0.212 e. The van der Waals surface area contributed by atoms with Crippen molar-refractivity contribution in [1.29, 1.82) is 0 Å². The van der Waals surface area contributed by atoms with Crippen molar-refractivity contribution in [2.45, 2.75) is 39.2 Å². The van der Waals surface area contributed by atoms with Crippen molar-refractivity contribution >= 4 is 10.0 Å². The Kier molecular flexibility index (Phi) is 5.62. The van der Waals surface area contributed by atoms with E-state index in [1.807, 2.05) is 13.8 Å². The van der Waals surface area contributed by atoms with Crippen molar-refractivity contribution in [3.8, 4) is 5.75 Å². The van der Waals surface area contributed by atoms with Gasteiger partial charge in [-0.15, -0.1) is 0 Å². The van der Waals surface area contributed by atoms with E-state index in [1.165, 1.54) is 0 Å². The molecule has 0 aliphatic carbocycles. The molecular formula is C13H21NO3S. The Hall–Kier alpha value is -1.07. The molecule has 4 nitrogen and oxygen atoms in total. The molecule has 0 heterocycles. The number of hydrogen-bond acceptors (Lipinski definition) is 3. The van der Waals surface area contributed by atoms with E-state index in [1.54, 1.807) is 24.3 Å². The van der Waals surface area contributed by atoms with Crippen molar-refractivity contribution in [1.82, 2.24) is 4.72 Å². The molecule has 0 amide bonds. The van der Waals surface area contributed by atoms with Gasteiger partial charge in [-0.05, 0) is 18.9 Å². The minimum atomic E-state index is -3.28. The topological polar surface area (TPSA) is 66.4 Å². The van der Waals surface area contributed by atoms with E-state index >= 15 is 0 Å². The molecule has 1 aromatic rings. The maximum atomic E-state index is 11.9. The molecule has 0 fully saturated rings. The summed E-state index contributed by atoms with van der Waals surface area (Å²) in [6, 6.07) is 6.45. The number of phenolic OH excluding ortho intramolecular Hbond substituents is 1. The normalized spacial score (nSPS) is 13.4. The van der Waals surface area contributed by atoms with Crippen LogP contribution in [0.15, 0.2) is 24.3 Å². The van der Waals surface area contributed by atoms with E-state index in [-0.39, 0.29) is 17.5 Å². The summed E-state index contributed by atoms with van der Waals surface area (Å²) in [7, 11) is -3.28. The monoisotopic (exact) mass is 271 g/mol. The van der Waals surface area contributed by atoms with Gasteiger partial charge in [0.2, 0.25) is 10.0 Å². The van der Waals surface area contributed by atoms with Gasteiger partial charge in [0.15, 0.2) is 0 Å². The van der Waals surface area contributed by atoms with Crippen LogP contribution in [-0.2, 0) is 10.0 Å². The number of nitrogens with one attached hydrogen (secondary N) is 1. The quantitative estimate of drug-likeness (QED) is 0.801. The van der Waals surface area contributed by atoms with Crippen LogP contribution in [0.1, 0.15) is 44.7 Å². The summed E-state index contributed by atoms with van der Waals surface area (Å²) in [5.41, 5.74) is 0.625. The van der Waals surface area contributed by atoms with Gasteiger partial charge in [-0.3, -0.25) is 0 Å². The van der Waals surface area contributed by atoms with Crippen LogP contribution in [0.4, 0.5) is 0 Å². The zero-order valence-electron chi connectivity index (χ0n) is 10.9. The van der Waals surface area contributed by atoms with E-state index < -0.39 is 10.0 Å². The predicted molar refractivity (Wildman–Crippen MR) is 73.0 cm³/mol. The number of sulfonamides is 1. The second-order valence-corrected chi connectivity index (χ2v) is 6.18. The summed E-state index contributed by atoms with van der Waals surface area (Å²) >= 11 is 0. The van der Waals surface area contributed by atoms with Crippen molar-refractivity contribution < 1.29 is 13.5 Å². The molecule has 0 aliphatic rings. The summed E-state index contributed by atoms with van der Waals surface area (Å²) in [5.74, 6) is 0.260. The third-order valence-corrected chi connectivity index (χ3v) is 4.28. The number of hydrogen-bond donors (Lipinski definition) is 2. The molecule has 0 saturated carbocycles. The highest BCUT2D eigenvalue weighted by atomic mass is 32.2. The molecule has 1 unspecified atom stereocenters. The molecule has 0 aromatic heterocycles. The highest BCUT2D eigenvalue weighted by Gasteiger charge is 2.19. The fourth-order valence-corrected chi connectivity index (χ4v) is 3.27. The van der Waals surface area contributed by atoms with E-state index in [9.17, 15) is 13.5 Å². The average molecular weight is 271 g/mol. The van der Waals surface area contributed by atoms with Crippen LogP contribution in [0.5, 0.6) is 5.75 Å². The van der Waals surface area contributed by atoms with Gasteiger partial charge in [0.25, 0.3) is 0 Å². The first-order chi connectivity index (χ1) is 8.50. The Labute approximate surface area is 109 Å². The van der Waals surface area contributed by atoms with E-state index in [0.717, 1.165) is 6.42 Å². The van der Waals surface area contributed by atoms with E-state index in [0.29, 0.717) is 18.4 Å². The van der Waals surface area contributed by atoms with Crippen LogP contribution in [-0.4, -0.2) is 19.3 Å². The second-order valence-electron chi connectivity index (χ2n) is 4.31. The smallest absolute Gasteiger partial charge is 0.212 e. The zero-order chi connectivity index (χ0) is 13.6. The van der Waals surface area contributed by atoms with Crippen molar-refractivity contribution in [3.05, 3.63) is 29.8 Å². The minimum Gasteiger partial charge on any atom is -0.508 e. The van der Waals surface area contributed by atoms with Crippen LogP contribution in [0, 0.1) is 0 Å². The standard InChI is InChI=1S/C13H21NO3S/c1-3-5-10-18(16,17)14-12(4-2)11-8-6-7-9-13(11)15/h6-9,12,14-15H,3-5,10H2,1-2H3. The largest absolute Gasteiger partial charge is 0.508 e. The molecule has 1 aromatic carbocycles. The Balaban J connectivity index is 2.83. The van der Waals surface area contributed by atoms with Gasteiger partial charge >= 0.3 is 0 Å². The lowest BCUT2D eigenvalue weighted by molar-refractivity contribution is 0.454. The predicted octanol–water partition coefficient (Wildman–Crippen LogP) is 2.56. The first kappa shape index (κ1) is 15.0. The lowest BCUT2D eigenvalue weighted by Gasteiger charge is -2.18. The summed E-state index contributed by atoms with van der Waals surface area (Å²) < 4.78 is 26.3. The highest BCUT2D eigenvalue weighted by Crippen LogP contribution is 2.26. The molecule has 18 heavy (non-hydrogen) atoms. The molecule has 0 saturated heterocycles. The van der Waals surface area contributed by atoms with Crippen LogP contribution in [0.25, 0.3) is 0 Å². The van der Waals surface area contributed by atoms with Gasteiger partial charge in [-0.25, -0.2) is 13.1 Å². The number of phenols is 1. The average Bonchev–Trinajstić information content (AvgIpc) is 2.34. The SMILES string of the molecule is CCCCS(=O)(=O)NC(CC)c1ccccc1O. The molecule has 0 aliphatic heterocycles. The van der Waals surface area contributed by atoms with Gasteiger partial charge in [-0.1, -0.05) is 38.5 Å². The lowest BCUT2D eigenvalue weighted by atomic mass is 10.0. The van der Waals surface area contributed by atoms with Crippen LogP contribution >= 0.6 is 0 Å². The summed E-state index contributed by atoms with van der Waals surface area (Å²) in [5, 5.41) is 9.75. The Bertz CT molecular complexity index is 471. The molecule has 1 atom stereocenters. The molecule has 0 spiro atoms. The van der Waals surface area contributed by atoms with Gasteiger partial charge in [0, 0.05) is 5.56 Å². The zero-order valence-corrected chi connectivity index (χ0v) is 11.7. The molecule has 0 radical (unpaired) electrons. The molecule has 0 bridgehead atoms.